The second-order valence-corrected chi connectivity index (χ2v) is 5.26. The van der Waals surface area contributed by atoms with Crippen LogP contribution in [0.1, 0.15) is 5.69 Å². The highest BCUT2D eigenvalue weighted by molar-refractivity contribution is 7.13. The number of aromatic nitrogens is 1. The van der Waals surface area contributed by atoms with Gasteiger partial charge in [0, 0.05) is 5.38 Å². The molecule has 0 radical (unpaired) electrons. The molecule has 1 aliphatic heterocycles. The predicted molar refractivity (Wildman–Crippen MR) is 79.9 cm³/mol. The lowest BCUT2D eigenvalue weighted by Gasteiger charge is -2.11. The smallest absolute Gasteiger partial charge is 0.326 e. The van der Waals surface area contributed by atoms with Crippen molar-refractivity contribution < 1.29 is 29.1 Å². The third-order valence-corrected chi connectivity index (χ3v) is 3.43. The number of nitrogens with two attached hydrogens (primary N) is 1. The van der Waals surface area contributed by atoms with Gasteiger partial charge in [0.1, 0.15) is 19.3 Å². The summed E-state index contributed by atoms with van der Waals surface area (Å²) >= 11 is 1.07. The average molecular weight is 356 g/mol. The molecule has 0 bridgehead atoms. The van der Waals surface area contributed by atoms with Crippen LogP contribution in [-0.2, 0) is 19.2 Å². The zero-order chi connectivity index (χ0) is 17.9. The molecule has 5 N–H and O–H groups in total. The Balaban J connectivity index is 2.13. The maximum absolute atomic E-state index is 12.2. The van der Waals surface area contributed by atoms with E-state index in [2.05, 4.69) is 25.6 Å². The molecule has 13 heteroatoms. The lowest BCUT2D eigenvalue weighted by Crippen LogP contribution is -2.49. The number of imide groups is 1. The molecule has 0 spiro atoms. The van der Waals surface area contributed by atoms with Gasteiger partial charge in [0.05, 0.1) is 0 Å². The van der Waals surface area contributed by atoms with Crippen LogP contribution in [0.2, 0.25) is 0 Å². The van der Waals surface area contributed by atoms with Gasteiger partial charge < -0.3 is 26.3 Å². The highest BCUT2D eigenvalue weighted by Crippen LogP contribution is 2.13. The Hall–Kier alpha value is -3.22. The van der Waals surface area contributed by atoms with E-state index in [0.717, 1.165) is 11.3 Å². The number of carbonyl (C=O) groups is 4. The molecule has 1 aromatic heterocycles. The molecule has 24 heavy (non-hydrogen) atoms. The summed E-state index contributed by atoms with van der Waals surface area (Å²) in [6.45, 7) is -0.821. The molecular formula is C11H12N6O6S. The van der Waals surface area contributed by atoms with Crippen LogP contribution in [0, 0.1) is 0 Å². The molecular weight excluding hydrogens is 344 g/mol. The number of anilines is 1. The molecule has 1 saturated heterocycles. The van der Waals surface area contributed by atoms with E-state index in [1.54, 1.807) is 0 Å². The van der Waals surface area contributed by atoms with Crippen molar-refractivity contribution in [1.29, 1.82) is 0 Å². The van der Waals surface area contributed by atoms with Crippen LogP contribution in [0.5, 0.6) is 0 Å². The first kappa shape index (κ1) is 17.1. The summed E-state index contributed by atoms with van der Waals surface area (Å²) in [5.41, 5.74) is 5.35. The maximum atomic E-state index is 12.2. The number of nitrogens with zero attached hydrogens (tertiary/aromatic N) is 3. The molecule has 1 fully saturated rings. The fraction of sp³-hybridized carbons (Fsp3) is 0.273. The Morgan fingerprint density at radius 1 is 1.58 bits per heavy atom. The molecule has 0 saturated carbocycles. The summed E-state index contributed by atoms with van der Waals surface area (Å²) in [4.78, 5) is 55.3. The molecule has 2 rings (SSSR count). The van der Waals surface area contributed by atoms with E-state index in [-0.39, 0.29) is 16.5 Å². The summed E-state index contributed by atoms with van der Waals surface area (Å²) in [5, 5.41) is 18.2. The van der Waals surface area contributed by atoms with Crippen LogP contribution in [0.3, 0.4) is 0 Å². The maximum Gasteiger partial charge on any atom is 0.326 e. The number of thiazole rings is 1. The number of carbonyl (C=O) groups excluding carboxylic acids is 3. The van der Waals surface area contributed by atoms with E-state index < -0.39 is 36.5 Å². The zero-order valence-electron chi connectivity index (χ0n) is 12.2. The minimum atomic E-state index is -1.43. The van der Waals surface area contributed by atoms with Crippen LogP contribution in [0.15, 0.2) is 10.5 Å². The topological polar surface area (TPSA) is 176 Å². The van der Waals surface area contributed by atoms with E-state index in [4.69, 9.17) is 10.8 Å². The number of oxime groups is 1. The summed E-state index contributed by atoms with van der Waals surface area (Å²) < 4.78 is 0. The zero-order valence-corrected chi connectivity index (χ0v) is 13.0. The van der Waals surface area contributed by atoms with Gasteiger partial charge in [-0.3, -0.25) is 14.4 Å². The number of urea groups is 1. The van der Waals surface area contributed by atoms with E-state index in [0.29, 0.717) is 4.90 Å². The lowest BCUT2D eigenvalue weighted by molar-refractivity contribution is -0.142. The van der Waals surface area contributed by atoms with Crippen molar-refractivity contribution in [3.63, 3.8) is 0 Å². The Bertz CT molecular complexity index is 730. The Labute approximate surface area is 138 Å². The average Bonchev–Trinajstić information content (AvgIpc) is 3.03. The number of hydrogen-bond acceptors (Lipinski definition) is 9. The number of hydrogen-bond donors (Lipinski definition) is 4. The van der Waals surface area contributed by atoms with Crippen molar-refractivity contribution in [3.05, 3.63) is 11.1 Å². The Morgan fingerprint density at radius 2 is 2.29 bits per heavy atom. The van der Waals surface area contributed by atoms with Crippen LogP contribution >= 0.6 is 11.3 Å². The SMILES string of the molecule is CO/N=C(/C(=O)NC1NC(=O)N(CC(=O)O)C1=O)c1csc(N)n1. The molecule has 0 aromatic carbocycles. The summed E-state index contributed by atoms with van der Waals surface area (Å²) in [5.74, 6) is -3.15. The van der Waals surface area contributed by atoms with Gasteiger partial charge in [0.25, 0.3) is 11.8 Å². The number of amides is 4. The van der Waals surface area contributed by atoms with E-state index in [1.165, 1.54) is 12.5 Å². The fourth-order valence-corrected chi connectivity index (χ4v) is 2.34. The number of carboxylic acid groups (broad SMARTS) is 1. The number of rotatable bonds is 6. The quantitative estimate of drug-likeness (QED) is 0.261. The fourth-order valence-electron chi connectivity index (χ4n) is 1.79. The van der Waals surface area contributed by atoms with Crippen LogP contribution in [0.25, 0.3) is 0 Å². The third kappa shape index (κ3) is 3.57. The molecule has 4 amide bonds. The molecule has 12 nitrogen and oxygen atoms in total. The van der Waals surface area contributed by atoms with Crippen molar-refractivity contribution in [2.75, 3.05) is 19.4 Å². The summed E-state index contributed by atoms with van der Waals surface area (Å²) in [6.07, 6.45) is -1.43. The summed E-state index contributed by atoms with van der Waals surface area (Å²) in [7, 11) is 1.21. The molecule has 1 unspecified atom stereocenters. The normalized spacial score (nSPS) is 17.6. The number of carboxylic acids is 1. The van der Waals surface area contributed by atoms with E-state index in [1.807, 2.05) is 0 Å². The van der Waals surface area contributed by atoms with Gasteiger partial charge >= 0.3 is 12.0 Å². The van der Waals surface area contributed by atoms with Gasteiger partial charge in [0.2, 0.25) is 0 Å². The molecule has 0 aliphatic carbocycles. The predicted octanol–water partition coefficient (Wildman–Crippen LogP) is -1.85. The number of aliphatic carboxylic acids is 1. The van der Waals surface area contributed by atoms with Crippen molar-refractivity contribution in [3.8, 4) is 0 Å². The van der Waals surface area contributed by atoms with Gasteiger partial charge in [-0.2, -0.15) is 0 Å². The number of nitrogen functional groups attached to an aromatic ring is 1. The largest absolute Gasteiger partial charge is 0.480 e. The second kappa shape index (κ2) is 6.91. The van der Waals surface area contributed by atoms with E-state index >= 15 is 0 Å². The molecule has 1 atom stereocenters. The van der Waals surface area contributed by atoms with Gasteiger partial charge in [-0.05, 0) is 0 Å². The number of nitrogens with one attached hydrogen (secondary N) is 2. The van der Waals surface area contributed by atoms with Gasteiger partial charge in [-0.25, -0.2) is 14.7 Å². The third-order valence-electron chi connectivity index (χ3n) is 2.76. The van der Waals surface area contributed by atoms with Crippen molar-refractivity contribution >= 4 is 46.0 Å². The van der Waals surface area contributed by atoms with Crippen molar-refractivity contribution in [2.24, 2.45) is 5.16 Å². The standard InChI is InChI=1S/C11H12N6O6S/c1-23-16-6(4-3-24-10(12)13-4)8(20)14-7-9(21)17(2-5(18)19)11(22)15-7/h3,7H,2H2,1H3,(H2,12,13)(H,14,20)(H,15,22)(H,18,19)/b16-6+. The summed E-state index contributed by atoms with van der Waals surface area (Å²) in [6, 6.07) is -0.934. The molecule has 1 aromatic rings. The van der Waals surface area contributed by atoms with Crippen molar-refractivity contribution in [1.82, 2.24) is 20.5 Å². The highest BCUT2D eigenvalue weighted by atomic mass is 32.1. The lowest BCUT2D eigenvalue weighted by atomic mass is 10.2. The highest BCUT2D eigenvalue weighted by Gasteiger charge is 2.40. The van der Waals surface area contributed by atoms with Gasteiger partial charge in [0.15, 0.2) is 17.0 Å². The first-order valence-corrected chi connectivity index (χ1v) is 7.18. The minimum absolute atomic E-state index is 0.121. The monoisotopic (exact) mass is 356 g/mol. The van der Waals surface area contributed by atoms with Gasteiger partial charge in [-0.15, -0.1) is 11.3 Å². The second-order valence-electron chi connectivity index (χ2n) is 4.37. The van der Waals surface area contributed by atoms with Gasteiger partial charge in [-0.1, -0.05) is 5.16 Å². The Kier molecular flexibility index (Phi) is 4.93. The minimum Gasteiger partial charge on any atom is -0.480 e. The molecule has 1 aliphatic rings. The first-order valence-electron chi connectivity index (χ1n) is 6.30. The van der Waals surface area contributed by atoms with Crippen LogP contribution < -0.4 is 16.4 Å². The first-order chi connectivity index (χ1) is 11.3. The van der Waals surface area contributed by atoms with Crippen LogP contribution in [0.4, 0.5) is 9.93 Å². The van der Waals surface area contributed by atoms with Crippen LogP contribution in [-0.4, -0.2) is 64.3 Å². The molecule has 2 heterocycles. The Morgan fingerprint density at radius 3 is 2.83 bits per heavy atom. The van der Waals surface area contributed by atoms with Crippen molar-refractivity contribution in [2.45, 2.75) is 6.17 Å². The van der Waals surface area contributed by atoms with E-state index in [9.17, 15) is 19.2 Å². The molecule has 128 valence electrons.